The van der Waals surface area contributed by atoms with Crippen LogP contribution in [0, 0.1) is 11.8 Å². The van der Waals surface area contributed by atoms with Crippen molar-refractivity contribution in [2.45, 2.75) is 6.42 Å². The maximum atomic E-state index is 8.07. The second-order valence-corrected chi connectivity index (χ2v) is 2.96. The van der Waals surface area contributed by atoms with Crippen LogP contribution < -0.4 is 10.5 Å². The molecule has 1 aromatic rings. The molecule has 1 rings (SSSR count). The zero-order valence-electron chi connectivity index (χ0n) is 8.97. The number of rotatable bonds is 3. The molecular weight excluding hydrogens is 204 g/mol. The molecule has 0 fully saturated rings. The maximum absolute atomic E-state index is 8.07. The van der Waals surface area contributed by atoms with Crippen molar-refractivity contribution < 1.29 is 4.74 Å². The molecule has 5 heteroatoms. The van der Waals surface area contributed by atoms with Gasteiger partial charge in [0.1, 0.15) is 5.75 Å². The van der Waals surface area contributed by atoms with Gasteiger partial charge in [-0.25, -0.2) is 0 Å². The van der Waals surface area contributed by atoms with E-state index in [1.54, 1.807) is 25.3 Å². The van der Waals surface area contributed by atoms with Gasteiger partial charge >= 0.3 is 0 Å². The first-order valence-electron chi connectivity index (χ1n) is 4.71. The summed E-state index contributed by atoms with van der Waals surface area (Å²) in [4.78, 5) is 2.64. The summed E-state index contributed by atoms with van der Waals surface area (Å²) in [7, 11) is 1.59. The first-order valence-corrected chi connectivity index (χ1v) is 4.71. The first kappa shape index (κ1) is 11.8. The average Bonchev–Trinajstić information content (AvgIpc) is 2.31. The fourth-order valence-corrected chi connectivity index (χ4v) is 1.08. The Morgan fingerprint density at radius 3 is 3.06 bits per heavy atom. The van der Waals surface area contributed by atoms with Crippen LogP contribution in [-0.4, -0.2) is 13.7 Å². The molecule has 82 valence electrons. The number of hydrogen-bond donors (Lipinski definition) is 1. The van der Waals surface area contributed by atoms with Crippen LogP contribution in [0.15, 0.2) is 23.3 Å². The second kappa shape index (κ2) is 6.23. The van der Waals surface area contributed by atoms with Gasteiger partial charge in [-0.05, 0) is 23.7 Å². The minimum atomic E-state index is 0.368. The van der Waals surface area contributed by atoms with Gasteiger partial charge in [-0.2, -0.15) is 0 Å². The molecule has 0 aliphatic rings. The van der Waals surface area contributed by atoms with Crippen LogP contribution in [0.25, 0.3) is 10.4 Å². The second-order valence-electron chi connectivity index (χ2n) is 2.96. The number of nitrogens with zero attached hydrogens (tertiary/aromatic N) is 3. The molecule has 0 unspecified atom stereocenters. The molecule has 16 heavy (non-hydrogen) atoms. The van der Waals surface area contributed by atoms with Crippen molar-refractivity contribution in [1.29, 1.82) is 0 Å². The number of nitrogen functional groups attached to an aromatic ring is 1. The Labute approximate surface area is 93.8 Å². The minimum absolute atomic E-state index is 0.368. The SMILES string of the molecule is COc1ccc(N)c(C#CCCN=[N+]=[N-])c1. The third-order valence-electron chi connectivity index (χ3n) is 1.88. The minimum Gasteiger partial charge on any atom is -0.497 e. The predicted molar refractivity (Wildman–Crippen MR) is 62.9 cm³/mol. The highest BCUT2D eigenvalue weighted by Crippen LogP contribution is 2.18. The Hall–Kier alpha value is -2.31. The van der Waals surface area contributed by atoms with Crippen LogP contribution in [0.3, 0.4) is 0 Å². The normalized spacial score (nSPS) is 8.56. The van der Waals surface area contributed by atoms with Crippen molar-refractivity contribution in [2.24, 2.45) is 5.11 Å². The van der Waals surface area contributed by atoms with Crippen molar-refractivity contribution in [3.8, 4) is 17.6 Å². The highest BCUT2D eigenvalue weighted by Gasteiger charge is 1.97. The Morgan fingerprint density at radius 1 is 1.56 bits per heavy atom. The molecule has 0 aromatic heterocycles. The van der Waals surface area contributed by atoms with Gasteiger partial charge in [0.05, 0.1) is 12.7 Å². The van der Waals surface area contributed by atoms with E-state index < -0.39 is 0 Å². The van der Waals surface area contributed by atoms with Crippen LogP contribution in [-0.2, 0) is 0 Å². The molecule has 0 radical (unpaired) electrons. The van der Waals surface area contributed by atoms with E-state index in [2.05, 4.69) is 21.9 Å². The van der Waals surface area contributed by atoms with Crippen LogP contribution in [0.4, 0.5) is 5.69 Å². The number of benzene rings is 1. The number of ether oxygens (including phenoxy) is 1. The summed E-state index contributed by atoms with van der Waals surface area (Å²) >= 11 is 0. The number of nitrogens with two attached hydrogens (primary N) is 1. The summed E-state index contributed by atoms with van der Waals surface area (Å²) in [5.41, 5.74) is 15.1. The fourth-order valence-electron chi connectivity index (χ4n) is 1.08. The third-order valence-corrected chi connectivity index (χ3v) is 1.88. The largest absolute Gasteiger partial charge is 0.497 e. The van der Waals surface area contributed by atoms with Gasteiger partial charge in [-0.3, -0.25) is 0 Å². The number of hydrogen-bond acceptors (Lipinski definition) is 3. The monoisotopic (exact) mass is 216 g/mol. The van der Waals surface area contributed by atoms with Crippen LogP contribution in [0.2, 0.25) is 0 Å². The highest BCUT2D eigenvalue weighted by molar-refractivity contribution is 5.58. The number of azide groups is 1. The molecule has 0 saturated carbocycles. The first-order chi connectivity index (χ1) is 7.77. The molecule has 0 spiro atoms. The molecule has 0 aliphatic heterocycles. The van der Waals surface area contributed by atoms with Gasteiger partial charge in [0.2, 0.25) is 0 Å². The summed E-state index contributed by atoms with van der Waals surface area (Å²) in [6.45, 7) is 0.368. The maximum Gasteiger partial charge on any atom is 0.120 e. The van der Waals surface area contributed by atoms with E-state index in [0.29, 0.717) is 24.4 Å². The molecule has 0 atom stereocenters. The lowest BCUT2D eigenvalue weighted by atomic mass is 10.1. The summed E-state index contributed by atoms with van der Waals surface area (Å²) < 4.78 is 5.06. The molecule has 5 nitrogen and oxygen atoms in total. The third kappa shape index (κ3) is 3.45. The zero-order valence-corrected chi connectivity index (χ0v) is 8.97. The van der Waals surface area contributed by atoms with E-state index in [9.17, 15) is 0 Å². The van der Waals surface area contributed by atoms with Gasteiger partial charge in [-0.15, -0.1) is 0 Å². The van der Waals surface area contributed by atoms with E-state index in [1.165, 1.54) is 0 Å². The van der Waals surface area contributed by atoms with E-state index >= 15 is 0 Å². The molecule has 0 heterocycles. The highest BCUT2D eigenvalue weighted by atomic mass is 16.5. The molecule has 0 bridgehead atoms. The van der Waals surface area contributed by atoms with E-state index in [0.717, 1.165) is 5.56 Å². The van der Waals surface area contributed by atoms with E-state index in [4.69, 9.17) is 16.0 Å². The fraction of sp³-hybridized carbons (Fsp3) is 0.273. The number of methoxy groups -OCH3 is 1. The lowest BCUT2D eigenvalue weighted by Crippen LogP contribution is -1.91. The van der Waals surface area contributed by atoms with Gasteiger partial charge in [-0.1, -0.05) is 17.0 Å². The van der Waals surface area contributed by atoms with Crippen molar-refractivity contribution >= 4 is 5.69 Å². The van der Waals surface area contributed by atoms with Crippen LogP contribution >= 0.6 is 0 Å². The van der Waals surface area contributed by atoms with Crippen molar-refractivity contribution in [1.82, 2.24) is 0 Å². The quantitative estimate of drug-likeness (QED) is 0.210. The molecule has 0 aliphatic carbocycles. The molecule has 2 N–H and O–H groups in total. The van der Waals surface area contributed by atoms with E-state index in [-0.39, 0.29) is 0 Å². The van der Waals surface area contributed by atoms with Crippen molar-refractivity contribution in [3.05, 3.63) is 34.2 Å². The zero-order chi connectivity index (χ0) is 11.8. The van der Waals surface area contributed by atoms with Gasteiger partial charge in [0, 0.05) is 23.6 Å². The Balaban J connectivity index is 2.74. The van der Waals surface area contributed by atoms with Gasteiger partial charge < -0.3 is 10.5 Å². The molecule has 0 amide bonds. The molecular formula is C11H12N4O. The number of anilines is 1. The van der Waals surface area contributed by atoms with Crippen LogP contribution in [0.1, 0.15) is 12.0 Å². The molecule has 1 aromatic carbocycles. The van der Waals surface area contributed by atoms with Gasteiger partial charge in [0.15, 0.2) is 0 Å². The van der Waals surface area contributed by atoms with E-state index in [1.807, 2.05) is 0 Å². The van der Waals surface area contributed by atoms with Gasteiger partial charge in [0.25, 0.3) is 0 Å². The topological polar surface area (TPSA) is 84.0 Å². The summed E-state index contributed by atoms with van der Waals surface area (Å²) in [5.74, 6) is 6.50. The van der Waals surface area contributed by atoms with Crippen molar-refractivity contribution in [3.63, 3.8) is 0 Å². The Bertz CT molecular complexity index is 467. The van der Waals surface area contributed by atoms with Crippen LogP contribution in [0.5, 0.6) is 5.75 Å². The lowest BCUT2D eigenvalue weighted by Gasteiger charge is -2.02. The average molecular weight is 216 g/mol. The Kier molecular flexibility index (Phi) is 4.58. The summed E-state index contributed by atoms with van der Waals surface area (Å²) in [6.07, 6.45) is 0.515. The lowest BCUT2D eigenvalue weighted by molar-refractivity contribution is 0.415. The predicted octanol–water partition coefficient (Wildman–Crippen LogP) is 2.33. The Morgan fingerprint density at radius 2 is 2.38 bits per heavy atom. The van der Waals surface area contributed by atoms with Crippen molar-refractivity contribution in [2.75, 3.05) is 19.4 Å². The standard InChI is InChI=1S/C11H12N4O/c1-16-10-5-6-11(12)9(8-10)4-2-3-7-14-15-13/h5-6,8H,3,7,12H2,1H3. The summed E-state index contributed by atoms with van der Waals surface area (Å²) in [6, 6.07) is 5.30. The smallest absolute Gasteiger partial charge is 0.120 e. The molecule has 0 saturated heterocycles. The summed E-state index contributed by atoms with van der Waals surface area (Å²) in [5, 5.41) is 3.38.